The molecule has 2 rings (SSSR count). The lowest BCUT2D eigenvalue weighted by Crippen LogP contribution is -2.53. The highest BCUT2D eigenvalue weighted by Crippen LogP contribution is 2.32. The monoisotopic (exact) mass is 282 g/mol. The summed E-state index contributed by atoms with van der Waals surface area (Å²) in [6.07, 6.45) is 8.34. The molecule has 4 atom stereocenters. The summed E-state index contributed by atoms with van der Waals surface area (Å²) in [5.41, 5.74) is 0. The standard InChI is InChI=1S/C17H34N2O/c1-13(2)14-8-9-16(18-3)17(11-14)19(4)12-15-7-5-6-10-20-15/h13-18H,5-12H2,1-4H3. The fourth-order valence-electron chi connectivity index (χ4n) is 4.02. The van der Waals surface area contributed by atoms with Crippen LogP contribution in [0.1, 0.15) is 52.4 Å². The third kappa shape index (κ3) is 4.19. The molecule has 1 aliphatic carbocycles. The smallest absolute Gasteiger partial charge is 0.0702 e. The Balaban J connectivity index is 1.91. The maximum atomic E-state index is 5.92. The predicted molar refractivity (Wildman–Crippen MR) is 85.0 cm³/mol. The van der Waals surface area contributed by atoms with Gasteiger partial charge in [-0.25, -0.2) is 0 Å². The van der Waals surface area contributed by atoms with Crippen molar-refractivity contribution in [1.29, 1.82) is 0 Å². The van der Waals surface area contributed by atoms with Gasteiger partial charge < -0.3 is 10.1 Å². The number of nitrogens with one attached hydrogen (secondary N) is 1. The number of likely N-dealkylation sites (N-methyl/N-ethyl adjacent to an activating group) is 2. The molecule has 2 fully saturated rings. The van der Waals surface area contributed by atoms with Crippen LogP contribution in [0.2, 0.25) is 0 Å². The van der Waals surface area contributed by atoms with E-state index in [-0.39, 0.29) is 0 Å². The summed E-state index contributed by atoms with van der Waals surface area (Å²) in [6.45, 7) is 6.83. The van der Waals surface area contributed by atoms with E-state index in [2.05, 4.69) is 38.2 Å². The maximum Gasteiger partial charge on any atom is 0.0702 e. The highest BCUT2D eigenvalue weighted by Gasteiger charge is 2.34. The van der Waals surface area contributed by atoms with Crippen molar-refractivity contribution in [3.8, 4) is 0 Å². The first-order valence-electron chi connectivity index (χ1n) is 8.61. The fourth-order valence-corrected chi connectivity index (χ4v) is 4.02. The van der Waals surface area contributed by atoms with Gasteiger partial charge in [0.1, 0.15) is 0 Å². The minimum Gasteiger partial charge on any atom is -0.377 e. The van der Waals surface area contributed by atoms with E-state index >= 15 is 0 Å². The van der Waals surface area contributed by atoms with Crippen LogP contribution in [0.15, 0.2) is 0 Å². The Labute approximate surface area is 125 Å². The Morgan fingerprint density at radius 3 is 2.60 bits per heavy atom. The maximum absolute atomic E-state index is 5.92. The van der Waals surface area contributed by atoms with Crippen molar-refractivity contribution in [1.82, 2.24) is 10.2 Å². The van der Waals surface area contributed by atoms with Crippen LogP contribution in [0.4, 0.5) is 0 Å². The first kappa shape index (κ1) is 16.3. The summed E-state index contributed by atoms with van der Waals surface area (Å²) in [5.74, 6) is 1.70. The largest absolute Gasteiger partial charge is 0.377 e. The number of ether oxygens (including phenoxy) is 1. The van der Waals surface area contributed by atoms with Crippen molar-refractivity contribution in [3.05, 3.63) is 0 Å². The summed E-state index contributed by atoms with van der Waals surface area (Å²) in [7, 11) is 4.42. The Morgan fingerprint density at radius 2 is 2.00 bits per heavy atom. The van der Waals surface area contributed by atoms with Crippen LogP contribution in [0, 0.1) is 11.8 Å². The molecule has 1 N–H and O–H groups in total. The molecule has 3 heteroatoms. The number of nitrogens with zero attached hydrogens (tertiary/aromatic N) is 1. The quantitative estimate of drug-likeness (QED) is 0.839. The molecule has 0 aromatic carbocycles. The lowest BCUT2D eigenvalue weighted by atomic mass is 9.76. The van der Waals surface area contributed by atoms with Gasteiger partial charge in [-0.3, -0.25) is 4.90 Å². The molecule has 0 aromatic heterocycles. The lowest BCUT2D eigenvalue weighted by molar-refractivity contribution is -0.0176. The summed E-state index contributed by atoms with van der Waals surface area (Å²) < 4.78 is 5.92. The number of hydrogen-bond donors (Lipinski definition) is 1. The van der Waals surface area contributed by atoms with Gasteiger partial charge in [0, 0.05) is 25.2 Å². The van der Waals surface area contributed by atoms with Gasteiger partial charge in [0.05, 0.1) is 6.10 Å². The minimum absolute atomic E-state index is 0.464. The Bertz CT molecular complexity index is 276. The molecular weight excluding hydrogens is 248 g/mol. The first-order chi connectivity index (χ1) is 9.61. The van der Waals surface area contributed by atoms with E-state index < -0.39 is 0 Å². The van der Waals surface area contributed by atoms with Gasteiger partial charge in [-0.15, -0.1) is 0 Å². The molecule has 4 unspecified atom stereocenters. The Morgan fingerprint density at radius 1 is 1.20 bits per heavy atom. The summed E-state index contributed by atoms with van der Waals surface area (Å²) in [6, 6.07) is 1.32. The van der Waals surface area contributed by atoms with Crippen LogP contribution in [0.5, 0.6) is 0 Å². The van der Waals surface area contributed by atoms with Crippen LogP contribution in [-0.2, 0) is 4.74 Å². The zero-order valence-electron chi connectivity index (χ0n) is 13.9. The zero-order chi connectivity index (χ0) is 14.5. The van der Waals surface area contributed by atoms with E-state index in [4.69, 9.17) is 4.74 Å². The molecular formula is C17H34N2O. The number of rotatable bonds is 5. The van der Waals surface area contributed by atoms with Gasteiger partial charge in [-0.2, -0.15) is 0 Å². The van der Waals surface area contributed by atoms with Crippen molar-refractivity contribution < 1.29 is 4.74 Å². The molecule has 1 heterocycles. The molecule has 0 aromatic rings. The van der Waals surface area contributed by atoms with Gasteiger partial charge in [0.2, 0.25) is 0 Å². The molecule has 2 aliphatic rings. The number of hydrogen-bond acceptors (Lipinski definition) is 3. The lowest BCUT2D eigenvalue weighted by Gasteiger charge is -2.43. The van der Waals surface area contributed by atoms with E-state index in [0.717, 1.165) is 25.0 Å². The predicted octanol–water partition coefficient (Wildman–Crippen LogP) is 2.90. The van der Waals surface area contributed by atoms with Crippen molar-refractivity contribution >= 4 is 0 Å². The Kier molecular flexibility index (Phi) is 6.31. The van der Waals surface area contributed by atoms with Crippen molar-refractivity contribution in [2.24, 2.45) is 11.8 Å². The van der Waals surface area contributed by atoms with Crippen LogP contribution in [-0.4, -0.2) is 50.3 Å². The van der Waals surface area contributed by atoms with E-state index in [0.29, 0.717) is 18.2 Å². The normalized spacial score (nSPS) is 35.7. The van der Waals surface area contributed by atoms with Gasteiger partial charge in [-0.1, -0.05) is 13.8 Å². The fraction of sp³-hybridized carbons (Fsp3) is 1.00. The van der Waals surface area contributed by atoms with Gasteiger partial charge in [0.25, 0.3) is 0 Å². The van der Waals surface area contributed by atoms with Crippen LogP contribution in [0.3, 0.4) is 0 Å². The topological polar surface area (TPSA) is 24.5 Å². The molecule has 1 aliphatic heterocycles. The van der Waals surface area contributed by atoms with Crippen LogP contribution in [0.25, 0.3) is 0 Å². The molecule has 118 valence electrons. The molecule has 0 spiro atoms. The second kappa shape index (κ2) is 7.77. The molecule has 1 saturated carbocycles. The summed E-state index contributed by atoms with van der Waals surface area (Å²) >= 11 is 0. The molecule has 20 heavy (non-hydrogen) atoms. The summed E-state index contributed by atoms with van der Waals surface area (Å²) in [5, 5.41) is 3.55. The van der Waals surface area contributed by atoms with Crippen molar-refractivity contribution in [3.63, 3.8) is 0 Å². The molecule has 3 nitrogen and oxygen atoms in total. The first-order valence-corrected chi connectivity index (χ1v) is 8.61. The van der Waals surface area contributed by atoms with Crippen LogP contribution >= 0.6 is 0 Å². The van der Waals surface area contributed by atoms with Crippen LogP contribution < -0.4 is 5.32 Å². The Hall–Kier alpha value is -0.120. The minimum atomic E-state index is 0.464. The highest BCUT2D eigenvalue weighted by atomic mass is 16.5. The highest BCUT2D eigenvalue weighted by molar-refractivity contribution is 4.91. The van der Waals surface area contributed by atoms with Gasteiger partial charge >= 0.3 is 0 Å². The van der Waals surface area contributed by atoms with E-state index in [1.165, 1.54) is 38.5 Å². The van der Waals surface area contributed by atoms with Crippen molar-refractivity contribution in [2.75, 3.05) is 27.2 Å². The van der Waals surface area contributed by atoms with E-state index in [1.54, 1.807) is 0 Å². The third-order valence-corrected chi connectivity index (χ3v) is 5.50. The SMILES string of the molecule is CNC1CCC(C(C)C)CC1N(C)CC1CCCCO1. The zero-order valence-corrected chi connectivity index (χ0v) is 13.9. The molecule has 0 bridgehead atoms. The van der Waals surface area contributed by atoms with Gasteiger partial charge in [-0.05, 0) is 64.5 Å². The second-order valence-electron chi connectivity index (χ2n) is 7.21. The summed E-state index contributed by atoms with van der Waals surface area (Å²) in [4.78, 5) is 2.58. The average Bonchev–Trinajstić information content (AvgIpc) is 2.47. The van der Waals surface area contributed by atoms with Gasteiger partial charge in [0.15, 0.2) is 0 Å². The second-order valence-corrected chi connectivity index (χ2v) is 7.21. The van der Waals surface area contributed by atoms with E-state index in [1.807, 2.05) is 0 Å². The molecule has 1 saturated heterocycles. The average molecular weight is 282 g/mol. The third-order valence-electron chi connectivity index (χ3n) is 5.50. The van der Waals surface area contributed by atoms with Crippen molar-refractivity contribution in [2.45, 2.75) is 70.6 Å². The molecule has 0 radical (unpaired) electrons. The molecule has 0 amide bonds. The van der Waals surface area contributed by atoms with E-state index in [9.17, 15) is 0 Å².